The molecule has 1 spiro atoms. The maximum Gasteiger partial charge on any atom is 0.253 e. The molecule has 0 saturated carbocycles. The van der Waals surface area contributed by atoms with Crippen molar-refractivity contribution in [2.24, 2.45) is 0 Å². The summed E-state index contributed by atoms with van der Waals surface area (Å²) in [5, 5.41) is 0. The van der Waals surface area contributed by atoms with Crippen molar-refractivity contribution >= 4 is 17.5 Å². The highest BCUT2D eigenvalue weighted by molar-refractivity contribution is 6.11. The molecule has 0 aromatic heterocycles. The number of hydrogen-bond donors (Lipinski definition) is 0. The van der Waals surface area contributed by atoms with E-state index in [4.69, 9.17) is 14.2 Å². The minimum absolute atomic E-state index is 0.0451. The number of carbonyl (C=O) groups excluding carboxylic acids is 2. The van der Waals surface area contributed by atoms with Gasteiger partial charge in [-0.25, -0.2) is 0 Å². The van der Waals surface area contributed by atoms with E-state index in [1.165, 1.54) is 0 Å². The molecule has 1 atom stereocenters. The minimum Gasteiger partial charge on any atom is -0.491 e. The molecule has 0 radical (unpaired) electrons. The fourth-order valence-electron chi connectivity index (χ4n) is 5.69. The van der Waals surface area contributed by atoms with Gasteiger partial charge in [0, 0.05) is 36.5 Å². The molecule has 38 heavy (non-hydrogen) atoms. The molecule has 1 unspecified atom stereocenters. The Kier molecular flexibility index (Phi) is 5.99. The van der Waals surface area contributed by atoms with Gasteiger partial charge in [-0.3, -0.25) is 9.59 Å². The van der Waals surface area contributed by atoms with Crippen LogP contribution in [-0.4, -0.2) is 69.2 Å². The average molecular weight is 514 g/mol. The van der Waals surface area contributed by atoms with Crippen molar-refractivity contribution in [2.45, 2.75) is 18.4 Å². The van der Waals surface area contributed by atoms with Crippen LogP contribution >= 0.6 is 0 Å². The monoisotopic (exact) mass is 513 g/mol. The number of nitrogens with zero attached hydrogens (tertiary/aromatic N) is 3. The first-order valence-electron chi connectivity index (χ1n) is 12.9. The lowest BCUT2D eigenvalue weighted by molar-refractivity contribution is -0.122. The molecule has 3 aliphatic rings. The van der Waals surface area contributed by atoms with E-state index in [9.17, 15) is 9.59 Å². The molecule has 0 bridgehead atoms. The van der Waals surface area contributed by atoms with Crippen molar-refractivity contribution in [3.8, 4) is 17.2 Å². The summed E-state index contributed by atoms with van der Waals surface area (Å²) >= 11 is 0. The number of fused-ring (bicyclic) bond motifs is 5. The molecule has 0 fully saturated rings. The van der Waals surface area contributed by atoms with Crippen LogP contribution in [0.2, 0.25) is 0 Å². The van der Waals surface area contributed by atoms with Crippen LogP contribution < -0.4 is 19.1 Å². The smallest absolute Gasteiger partial charge is 0.253 e. The van der Waals surface area contributed by atoms with Crippen LogP contribution in [0.15, 0.2) is 60.7 Å². The third-order valence-electron chi connectivity index (χ3n) is 7.67. The molecule has 3 heterocycles. The van der Waals surface area contributed by atoms with Gasteiger partial charge in [0.15, 0.2) is 11.5 Å². The second kappa shape index (κ2) is 9.36. The number of amides is 2. The van der Waals surface area contributed by atoms with Crippen LogP contribution in [0.25, 0.3) is 0 Å². The number of hydrogen-bond acceptors (Lipinski definition) is 6. The summed E-state index contributed by atoms with van der Waals surface area (Å²) in [4.78, 5) is 33.4. The molecule has 3 aliphatic heterocycles. The van der Waals surface area contributed by atoms with E-state index in [2.05, 4.69) is 4.90 Å². The highest BCUT2D eigenvalue weighted by Gasteiger charge is 2.57. The first kappa shape index (κ1) is 24.3. The normalized spacial score (nSPS) is 18.6. The van der Waals surface area contributed by atoms with E-state index in [0.717, 1.165) is 35.3 Å². The first-order valence-corrected chi connectivity index (χ1v) is 12.9. The molecule has 196 valence electrons. The summed E-state index contributed by atoms with van der Waals surface area (Å²) < 4.78 is 17.2. The summed E-state index contributed by atoms with van der Waals surface area (Å²) in [6.45, 7) is 2.20. The summed E-state index contributed by atoms with van der Waals surface area (Å²) in [5.74, 6) is 1.76. The molecule has 0 aliphatic carbocycles. The van der Waals surface area contributed by atoms with Gasteiger partial charge in [0.1, 0.15) is 17.8 Å². The summed E-state index contributed by atoms with van der Waals surface area (Å²) in [5.41, 5.74) is 2.95. The second-order valence-corrected chi connectivity index (χ2v) is 10.3. The topological polar surface area (TPSA) is 71.6 Å². The van der Waals surface area contributed by atoms with Crippen molar-refractivity contribution in [3.05, 3.63) is 82.9 Å². The van der Waals surface area contributed by atoms with Crippen LogP contribution in [0.1, 0.15) is 33.5 Å². The van der Waals surface area contributed by atoms with E-state index in [1.807, 2.05) is 81.8 Å². The van der Waals surface area contributed by atoms with Crippen LogP contribution in [0.3, 0.4) is 0 Å². The molecule has 3 aromatic rings. The Hall–Kier alpha value is -4.04. The Bertz CT molecular complexity index is 1420. The lowest BCUT2D eigenvalue weighted by atomic mass is 9.77. The van der Waals surface area contributed by atoms with Gasteiger partial charge in [0.05, 0.1) is 6.54 Å². The van der Waals surface area contributed by atoms with E-state index < -0.39 is 5.41 Å². The van der Waals surface area contributed by atoms with Crippen molar-refractivity contribution < 1.29 is 23.8 Å². The fourth-order valence-corrected chi connectivity index (χ4v) is 5.69. The second-order valence-electron chi connectivity index (χ2n) is 10.3. The van der Waals surface area contributed by atoms with Gasteiger partial charge in [0.2, 0.25) is 12.7 Å². The van der Waals surface area contributed by atoms with Gasteiger partial charge in [0.25, 0.3) is 5.91 Å². The maximum atomic E-state index is 14.3. The fraction of sp³-hybridized carbons (Fsp3) is 0.333. The van der Waals surface area contributed by atoms with Crippen molar-refractivity contribution in [3.63, 3.8) is 0 Å². The summed E-state index contributed by atoms with van der Waals surface area (Å²) in [7, 11) is 5.88. The first-order chi connectivity index (χ1) is 18.4. The average Bonchev–Trinajstić information content (AvgIpc) is 3.59. The van der Waals surface area contributed by atoms with Gasteiger partial charge in [-0.1, -0.05) is 36.4 Å². The number of carbonyl (C=O) groups is 2. The summed E-state index contributed by atoms with van der Waals surface area (Å²) in [6, 6.07) is 19.1. The van der Waals surface area contributed by atoms with E-state index >= 15 is 0 Å². The number of anilines is 1. The predicted molar refractivity (Wildman–Crippen MR) is 143 cm³/mol. The van der Waals surface area contributed by atoms with Crippen molar-refractivity contribution in [1.82, 2.24) is 9.80 Å². The lowest BCUT2D eigenvalue weighted by Gasteiger charge is -2.25. The Morgan fingerprint density at radius 3 is 2.45 bits per heavy atom. The predicted octanol–water partition coefficient (Wildman–Crippen LogP) is 3.66. The highest BCUT2D eigenvalue weighted by atomic mass is 16.7. The molecule has 2 amide bonds. The molecule has 6 rings (SSSR count). The highest BCUT2D eigenvalue weighted by Crippen LogP contribution is 2.55. The van der Waals surface area contributed by atoms with Crippen molar-refractivity contribution in [1.29, 1.82) is 0 Å². The minimum atomic E-state index is -0.977. The molecular formula is C30H31N3O5. The third kappa shape index (κ3) is 3.79. The van der Waals surface area contributed by atoms with Crippen LogP contribution in [0, 0.1) is 0 Å². The molecule has 8 nitrogen and oxygen atoms in total. The van der Waals surface area contributed by atoms with E-state index in [1.54, 1.807) is 9.80 Å². The number of rotatable bonds is 7. The molecular weight excluding hydrogens is 482 g/mol. The third-order valence-corrected chi connectivity index (χ3v) is 7.67. The van der Waals surface area contributed by atoms with Gasteiger partial charge in [-0.2, -0.15) is 0 Å². The zero-order valence-corrected chi connectivity index (χ0v) is 21.9. The zero-order chi connectivity index (χ0) is 26.4. The van der Waals surface area contributed by atoms with Gasteiger partial charge < -0.3 is 28.9 Å². The maximum absolute atomic E-state index is 14.3. The SMILES string of the molecule is CN(C)CCCN(C)C(=O)c1ccccc1CN1C(=O)C2(COc3cc4c(cc32)OCO4)c2ccccc21. The Morgan fingerprint density at radius 1 is 0.895 bits per heavy atom. The van der Waals surface area contributed by atoms with E-state index in [0.29, 0.717) is 29.4 Å². The van der Waals surface area contributed by atoms with Crippen LogP contribution in [0.5, 0.6) is 17.2 Å². The number of ether oxygens (including phenoxy) is 3. The van der Waals surface area contributed by atoms with E-state index in [-0.39, 0.29) is 31.8 Å². The van der Waals surface area contributed by atoms with Gasteiger partial charge >= 0.3 is 0 Å². The Labute approximate surface area is 222 Å². The molecule has 8 heteroatoms. The lowest BCUT2D eigenvalue weighted by Crippen LogP contribution is -2.42. The summed E-state index contributed by atoms with van der Waals surface area (Å²) in [6.07, 6.45) is 0.885. The largest absolute Gasteiger partial charge is 0.491 e. The Morgan fingerprint density at radius 2 is 1.63 bits per heavy atom. The van der Waals surface area contributed by atoms with Crippen LogP contribution in [-0.2, 0) is 16.8 Å². The van der Waals surface area contributed by atoms with Gasteiger partial charge in [-0.05, 0) is 56.4 Å². The standard InChI is InChI=1S/C30H31N3O5/c1-31(2)13-8-14-32(3)28(34)21-10-5-4-9-20(21)17-33-24-12-7-6-11-22(24)30(29(33)35)18-36-25-16-27-26(15-23(25)30)37-19-38-27/h4-7,9-12,15-16H,8,13-14,17-19H2,1-3H3. The quantitative estimate of drug-likeness (QED) is 0.480. The molecule has 0 saturated heterocycles. The van der Waals surface area contributed by atoms with Crippen LogP contribution in [0.4, 0.5) is 5.69 Å². The number of benzene rings is 3. The molecule has 3 aromatic carbocycles. The molecule has 0 N–H and O–H groups in total. The zero-order valence-electron chi connectivity index (χ0n) is 21.9. The number of para-hydroxylation sites is 1. The van der Waals surface area contributed by atoms with Gasteiger partial charge in [-0.15, -0.1) is 0 Å². The van der Waals surface area contributed by atoms with Crippen molar-refractivity contribution in [2.75, 3.05) is 52.5 Å². The Balaban J connectivity index is 1.34.